The predicted octanol–water partition coefficient (Wildman–Crippen LogP) is 5.21. The van der Waals surface area contributed by atoms with Gasteiger partial charge in [0.2, 0.25) is 11.0 Å². The fourth-order valence-corrected chi connectivity index (χ4v) is 3.17. The lowest BCUT2D eigenvalue weighted by molar-refractivity contribution is -0.617. The standard InChI is InChI=1S/C20H15ClN2/c1-23-18-8-4-2-6-16(18)20(17-7-3-5-9-19(17)23)22-15-12-10-14(21)11-13-15/h2-13H,1H3/p+1. The van der Waals surface area contributed by atoms with E-state index in [1.807, 2.05) is 24.3 Å². The first-order chi connectivity index (χ1) is 11.2. The average molecular weight is 320 g/mol. The smallest absolute Gasteiger partial charge is 0.214 e. The van der Waals surface area contributed by atoms with Crippen molar-refractivity contribution in [1.82, 2.24) is 0 Å². The SMILES string of the molecule is C[n+]1c2ccccc2c(Nc2ccc(Cl)cc2)c2ccccc21. The normalized spacial score (nSPS) is 11.0. The molecular weight excluding hydrogens is 304 g/mol. The molecule has 2 nitrogen and oxygen atoms in total. The predicted molar refractivity (Wildman–Crippen MR) is 97.4 cm³/mol. The Morgan fingerprint density at radius 3 is 1.83 bits per heavy atom. The summed E-state index contributed by atoms with van der Waals surface area (Å²) in [7, 11) is 2.11. The summed E-state index contributed by atoms with van der Waals surface area (Å²) in [5.74, 6) is 0. The van der Waals surface area contributed by atoms with Gasteiger partial charge in [0.1, 0.15) is 7.05 Å². The molecule has 1 heterocycles. The maximum Gasteiger partial charge on any atom is 0.214 e. The van der Waals surface area contributed by atoms with Crippen LogP contribution in [0.4, 0.5) is 11.4 Å². The van der Waals surface area contributed by atoms with E-state index in [9.17, 15) is 0 Å². The molecule has 0 atom stereocenters. The Balaban J connectivity index is 2.02. The topological polar surface area (TPSA) is 15.9 Å². The molecule has 0 bridgehead atoms. The zero-order valence-corrected chi connectivity index (χ0v) is 13.5. The molecule has 0 amide bonds. The molecular formula is C20H16ClN2+. The molecule has 3 aromatic carbocycles. The third-order valence-electron chi connectivity index (χ3n) is 4.18. The molecule has 0 fully saturated rings. The highest BCUT2D eigenvalue weighted by Gasteiger charge is 2.17. The minimum Gasteiger partial charge on any atom is -0.354 e. The first-order valence-electron chi connectivity index (χ1n) is 7.56. The molecule has 0 aliphatic heterocycles. The van der Waals surface area contributed by atoms with E-state index in [4.69, 9.17) is 11.6 Å². The lowest BCUT2D eigenvalue weighted by Crippen LogP contribution is -2.30. The zero-order valence-electron chi connectivity index (χ0n) is 12.8. The second-order valence-electron chi connectivity index (χ2n) is 5.60. The number of para-hydroxylation sites is 2. The number of anilines is 2. The van der Waals surface area contributed by atoms with Gasteiger partial charge in [0.25, 0.3) is 0 Å². The van der Waals surface area contributed by atoms with E-state index < -0.39 is 0 Å². The van der Waals surface area contributed by atoms with Crippen LogP contribution in [0.2, 0.25) is 5.02 Å². The summed E-state index contributed by atoms with van der Waals surface area (Å²) in [4.78, 5) is 0. The molecule has 1 N–H and O–H groups in total. The molecule has 0 saturated carbocycles. The van der Waals surface area contributed by atoms with Crippen LogP contribution in [0.15, 0.2) is 72.8 Å². The largest absolute Gasteiger partial charge is 0.354 e. The van der Waals surface area contributed by atoms with Gasteiger partial charge >= 0.3 is 0 Å². The maximum atomic E-state index is 5.99. The van der Waals surface area contributed by atoms with Crippen LogP contribution in [-0.2, 0) is 7.05 Å². The monoisotopic (exact) mass is 319 g/mol. The van der Waals surface area contributed by atoms with Crippen LogP contribution in [0.25, 0.3) is 21.8 Å². The summed E-state index contributed by atoms with van der Waals surface area (Å²) in [6.07, 6.45) is 0. The lowest BCUT2D eigenvalue weighted by Gasteiger charge is -2.12. The number of nitrogens with one attached hydrogen (secondary N) is 1. The van der Waals surface area contributed by atoms with E-state index in [0.29, 0.717) is 0 Å². The van der Waals surface area contributed by atoms with Gasteiger partial charge in [0.15, 0.2) is 0 Å². The number of pyridine rings is 1. The van der Waals surface area contributed by atoms with E-state index in [1.165, 1.54) is 21.8 Å². The number of nitrogens with zero attached hydrogens (tertiary/aromatic N) is 1. The van der Waals surface area contributed by atoms with Crippen LogP contribution in [0, 0.1) is 0 Å². The molecule has 0 saturated heterocycles. The van der Waals surface area contributed by atoms with Crippen molar-refractivity contribution in [2.75, 3.05) is 5.32 Å². The number of aromatic nitrogens is 1. The molecule has 0 spiro atoms. The number of rotatable bonds is 2. The molecule has 112 valence electrons. The fourth-order valence-electron chi connectivity index (χ4n) is 3.04. The number of fused-ring (bicyclic) bond motifs is 2. The lowest BCUT2D eigenvalue weighted by atomic mass is 10.1. The fraction of sp³-hybridized carbons (Fsp3) is 0.0500. The molecule has 1 aromatic heterocycles. The van der Waals surface area contributed by atoms with E-state index in [0.717, 1.165) is 16.4 Å². The Morgan fingerprint density at radius 1 is 0.739 bits per heavy atom. The van der Waals surface area contributed by atoms with Gasteiger partial charge in [-0.1, -0.05) is 35.9 Å². The maximum absolute atomic E-state index is 5.99. The van der Waals surface area contributed by atoms with Gasteiger partial charge < -0.3 is 5.32 Å². The summed E-state index contributed by atoms with van der Waals surface area (Å²) < 4.78 is 2.23. The number of halogens is 1. The average Bonchev–Trinajstić information content (AvgIpc) is 2.60. The zero-order chi connectivity index (χ0) is 15.8. The van der Waals surface area contributed by atoms with Crippen molar-refractivity contribution in [1.29, 1.82) is 0 Å². The van der Waals surface area contributed by atoms with Crippen molar-refractivity contribution < 1.29 is 4.57 Å². The third kappa shape index (κ3) is 2.41. The van der Waals surface area contributed by atoms with Crippen LogP contribution in [0.3, 0.4) is 0 Å². The van der Waals surface area contributed by atoms with Gasteiger partial charge in [0, 0.05) is 22.8 Å². The highest BCUT2D eigenvalue weighted by atomic mass is 35.5. The van der Waals surface area contributed by atoms with Crippen molar-refractivity contribution >= 4 is 44.8 Å². The van der Waals surface area contributed by atoms with Crippen molar-refractivity contribution in [2.24, 2.45) is 7.05 Å². The van der Waals surface area contributed by atoms with Crippen molar-refractivity contribution in [2.45, 2.75) is 0 Å². The molecule has 4 aromatic rings. The number of benzene rings is 3. The van der Waals surface area contributed by atoms with Gasteiger partial charge in [-0.25, -0.2) is 0 Å². The molecule has 0 unspecified atom stereocenters. The van der Waals surface area contributed by atoms with Gasteiger partial charge in [-0.2, -0.15) is 4.57 Å². The van der Waals surface area contributed by atoms with Gasteiger partial charge in [-0.05, 0) is 36.4 Å². The van der Waals surface area contributed by atoms with Crippen LogP contribution >= 0.6 is 11.6 Å². The Kier molecular flexibility index (Phi) is 3.40. The molecule has 0 radical (unpaired) electrons. The Bertz CT molecular complexity index is 950. The molecule has 0 aliphatic rings. The van der Waals surface area contributed by atoms with Gasteiger partial charge in [-0.15, -0.1) is 0 Å². The Morgan fingerprint density at radius 2 is 1.26 bits per heavy atom. The highest BCUT2D eigenvalue weighted by molar-refractivity contribution is 6.30. The summed E-state index contributed by atoms with van der Waals surface area (Å²) in [6, 6.07) is 24.7. The molecule has 0 aliphatic carbocycles. The summed E-state index contributed by atoms with van der Waals surface area (Å²) >= 11 is 5.99. The van der Waals surface area contributed by atoms with Crippen LogP contribution < -0.4 is 9.88 Å². The molecule has 23 heavy (non-hydrogen) atoms. The second-order valence-corrected chi connectivity index (χ2v) is 6.04. The van der Waals surface area contributed by atoms with E-state index in [2.05, 4.69) is 65.5 Å². The van der Waals surface area contributed by atoms with E-state index in [-0.39, 0.29) is 0 Å². The van der Waals surface area contributed by atoms with Gasteiger partial charge in [-0.3, -0.25) is 0 Å². The first kappa shape index (κ1) is 14.0. The van der Waals surface area contributed by atoms with Crippen LogP contribution in [0.1, 0.15) is 0 Å². The summed E-state index contributed by atoms with van der Waals surface area (Å²) in [5, 5.41) is 6.71. The second kappa shape index (κ2) is 5.56. The van der Waals surface area contributed by atoms with Crippen LogP contribution in [-0.4, -0.2) is 0 Å². The highest BCUT2D eigenvalue weighted by Crippen LogP contribution is 2.32. The summed E-state index contributed by atoms with van der Waals surface area (Å²) in [6.45, 7) is 0. The van der Waals surface area contributed by atoms with E-state index >= 15 is 0 Å². The van der Waals surface area contributed by atoms with E-state index in [1.54, 1.807) is 0 Å². The number of hydrogen-bond donors (Lipinski definition) is 1. The molecule has 4 rings (SSSR count). The summed E-state index contributed by atoms with van der Waals surface area (Å²) in [5.41, 5.74) is 4.54. The Labute approximate surface area is 139 Å². The first-order valence-corrected chi connectivity index (χ1v) is 7.94. The number of hydrogen-bond acceptors (Lipinski definition) is 1. The van der Waals surface area contributed by atoms with Crippen molar-refractivity contribution in [3.05, 3.63) is 77.8 Å². The minimum atomic E-state index is 0.740. The minimum absolute atomic E-state index is 0.740. The van der Waals surface area contributed by atoms with Crippen LogP contribution in [0.5, 0.6) is 0 Å². The van der Waals surface area contributed by atoms with Crippen molar-refractivity contribution in [3.63, 3.8) is 0 Å². The molecule has 3 heteroatoms. The van der Waals surface area contributed by atoms with Gasteiger partial charge in [0.05, 0.1) is 16.5 Å². The quantitative estimate of drug-likeness (QED) is 0.396. The van der Waals surface area contributed by atoms with Crippen molar-refractivity contribution in [3.8, 4) is 0 Å². The number of aryl methyl sites for hydroxylation is 1. The Hall–Kier alpha value is -2.58. The third-order valence-corrected chi connectivity index (χ3v) is 4.44.